The number of ether oxygens (including phenoxy) is 1. The zero-order chi connectivity index (χ0) is 15.9. The molecule has 0 saturated carbocycles. The topological polar surface area (TPSA) is 84.2 Å². The van der Waals surface area contributed by atoms with Gasteiger partial charge in [0, 0.05) is 0 Å². The molecule has 0 aromatic heterocycles. The van der Waals surface area contributed by atoms with E-state index >= 15 is 0 Å². The molecule has 0 bridgehead atoms. The van der Waals surface area contributed by atoms with E-state index in [1.165, 1.54) is 0 Å². The summed E-state index contributed by atoms with van der Waals surface area (Å²) in [4.78, 5) is 11.5. The molecule has 114 valence electrons. The molecule has 0 fully saturated rings. The van der Waals surface area contributed by atoms with Crippen LogP contribution in [0.1, 0.15) is 31.4 Å². The number of rotatable bonds is 7. The van der Waals surface area contributed by atoms with Gasteiger partial charge in [0.2, 0.25) is 0 Å². The largest absolute Gasteiger partial charge is 0.465 e. The van der Waals surface area contributed by atoms with Crippen molar-refractivity contribution in [3.05, 3.63) is 35.4 Å². The van der Waals surface area contributed by atoms with Gasteiger partial charge in [-0.25, -0.2) is 8.42 Å². The molecule has 0 aliphatic heterocycles. The lowest BCUT2D eigenvalue weighted by atomic mass is 10.1. The summed E-state index contributed by atoms with van der Waals surface area (Å²) < 4.78 is 28.8. The van der Waals surface area contributed by atoms with Crippen molar-refractivity contribution in [2.24, 2.45) is 5.92 Å². The minimum atomic E-state index is -3.64. The van der Waals surface area contributed by atoms with Crippen molar-refractivity contribution in [3.63, 3.8) is 0 Å². The summed E-state index contributed by atoms with van der Waals surface area (Å²) in [6.07, 6.45) is 0.697. The third-order valence-electron chi connectivity index (χ3n) is 2.81. The van der Waals surface area contributed by atoms with Crippen molar-refractivity contribution in [2.75, 3.05) is 12.4 Å². The van der Waals surface area contributed by atoms with Crippen LogP contribution in [-0.4, -0.2) is 26.7 Å². The van der Waals surface area contributed by atoms with Gasteiger partial charge in [-0.05, 0) is 24.0 Å². The highest BCUT2D eigenvalue weighted by Crippen LogP contribution is 2.12. The zero-order valence-corrected chi connectivity index (χ0v) is 13.0. The SMILES string of the molecule is CC(C)CCOC(=O)CS(=O)(=O)Cc1ccccc1C#N. The van der Waals surface area contributed by atoms with E-state index in [1.807, 2.05) is 19.9 Å². The fourth-order valence-electron chi connectivity index (χ4n) is 1.67. The molecule has 1 aromatic rings. The Hall–Kier alpha value is -1.87. The Labute approximate surface area is 125 Å². The van der Waals surface area contributed by atoms with Crippen molar-refractivity contribution < 1.29 is 17.9 Å². The summed E-state index contributed by atoms with van der Waals surface area (Å²) in [7, 11) is -3.64. The van der Waals surface area contributed by atoms with Crippen LogP contribution in [0.4, 0.5) is 0 Å². The van der Waals surface area contributed by atoms with Crippen molar-refractivity contribution >= 4 is 15.8 Å². The minimum Gasteiger partial charge on any atom is -0.465 e. The second-order valence-corrected chi connectivity index (χ2v) is 7.27. The second-order valence-electron chi connectivity index (χ2n) is 5.20. The first kappa shape index (κ1) is 17.2. The standard InChI is InChI=1S/C15H19NO4S/c1-12(2)7-8-20-15(17)11-21(18,19)10-14-6-4-3-5-13(14)9-16/h3-6,12H,7-8,10-11H2,1-2H3. The smallest absolute Gasteiger partial charge is 0.321 e. The van der Waals surface area contributed by atoms with E-state index < -0.39 is 21.6 Å². The molecule has 1 rings (SSSR count). The van der Waals surface area contributed by atoms with Crippen LogP contribution < -0.4 is 0 Å². The number of carbonyl (C=O) groups excluding carboxylic acids is 1. The maximum Gasteiger partial charge on any atom is 0.321 e. The number of nitrogens with zero attached hydrogens (tertiary/aromatic N) is 1. The average Bonchev–Trinajstić information content (AvgIpc) is 2.37. The molecule has 0 atom stereocenters. The van der Waals surface area contributed by atoms with E-state index in [-0.39, 0.29) is 12.4 Å². The predicted octanol–water partition coefficient (Wildman–Crippen LogP) is 2.06. The van der Waals surface area contributed by atoms with Gasteiger partial charge in [0.1, 0.15) is 5.75 Å². The van der Waals surface area contributed by atoms with E-state index in [4.69, 9.17) is 10.00 Å². The van der Waals surface area contributed by atoms with Crippen LogP contribution in [0.15, 0.2) is 24.3 Å². The van der Waals surface area contributed by atoms with Crippen molar-refractivity contribution in [2.45, 2.75) is 26.0 Å². The van der Waals surface area contributed by atoms with Crippen molar-refractivity contribution in [1.29, 1.82) is 5.26 Å². The van der Waals surface area contributed by atoms with Gasteiger partial charge in [-0.15, -0.1) is 0 Å². The van der Waals surface area contributed by atoms with Gasteiger partial charge < -0.3 is 4.74 Å². The van der Waals surface area contributed by atoms with Crippen LogP contribution in [0, 0.1) is 17.2 Å². The molecule has 0 aliphatic rings. The lowest BCUT2D eigenvalue weighted by Crippen LogP contribution is -2.21. The zero-order valence-electron chi connectivity index (χ0n) is 12.2. The number of hydrogen-bond donors (Lipinski definition) is 0. The van der Waals surface area contributed by atoms with E-state index in [1.54, 1.807) is 24.3 Å². The van der Waals surface area contributed by atoms with Crippen LogP contribution >= 0.6 is 0 Å². The molecule has 0 saturated heterocycles. The Morgan fingerprint density at radius 3 is 2.62 bits per heavy atom. The molecular formula is C15H19NO4S. The molecule has 0 radical (unpaired) electrons. The van der Waals surface area contributed by atoms with E-state index in [0.29, 0.717) is 23.5 Å². The molecule has 0 spiro atoms. The van der Waals surface area contributed by atoms with E-state index in [9.17, 15) is 13.2 Å². The van der Waals surface area contributed by atoms with Gasteiger partial charge >= 0.3 is 5.97 Å². The summed E-state index contributed by atoms with van der Waals surface area (Å²) in [6.45, 7) is 4.20. The number of hydrogen-bond acceptors (Lipinski definition) is 5. The third-order valence-corrected chi connectivity index (χ3v) is 4.24. The van der Waals surface area contributed by atoms with Gasteiger partial charge in [0.25, 0.3) is 0 Å². The molecular weight excluding hydrogens is 290 g/mol. The highest BCUT2D eigenvalue weighted by Gasteiger charge is 2.20. The van der Waals surface area contributed by atoms with Gasteiger partial charge in [0.15, 0.2) is 9.84 Å². The van der Waals surface area contributed by atoms with Crippen LogP contribution in [-0.2, 0) is 25.1 Å². The third kappa shape index (κ3) is 6.41. The summed E-state index contributed by atoms with van der Waals surface area (Å²) in [5.74, 6) is -1.36. The minimum absolute atomic E-state index is 0.223. The summed E-state index contributed by atoms with van der Waals surface area (Å²) in [5.41, 5.74) is 0.698. The van der Waals surface area contributed by atoms with Crippen LogP contribution in [0.5, 0.6) is 0 Å². The lowest BCUT2D eigenvalue weighted by Gasteiger charge is -2.08. The number of benzene rings is 1. The molecule has 1 aromatic carbocycles. The Morgan fingerprint density at radius 2 is 2.00 bits per heavy atom. The quantitative estimate of drug-likeness (QED) is 0.720. The van der Waals surface area contributed by atoms with E-state index in [2.05, 4.69) is 0 Å². The predicted molar refractivity (Wildman–Crippen MR) is 79.1 cm³/mol. The first-order valence-corrected chi connectivity index (χ1v) is 8.50. The molecule has 21 heavy (non-hydrogen) atoms. The molecule has 6 heteroatoms. The molecule has 0 heterocycles. The number of esters is 1. The second kappa shape index (κ2) is 7.79. The fourth-order valence-corrected chi connectivity index (χ4v) is 2.94. The summed E-state index contributed by atoms with van der Waals surface area (Å²) in [5, 5.41) is 8.93. The Balaban J connectivity index is 2.62. The molecule has 0 amide bonds. The van der Waals surface area contributed by atoms with E-state index in [0.717, 1.165) is 0 Å². The van der Waals surface area contributed by atoms with Crippen LogP contribution in [0.25, 0.3) is 0 Å². The Morgan fingerprint density at radius 1 is 1.33 bits per heavy atom. The normalized spacial score (nSPS) is 11.1. The Bertz CT molecular complexity index is 629. The molecule has 0 N–H and O–H groups in total. The highest BCUT2D eigenvalue weighted by molar-refractivity contribution is 7.91. The molecule has 5 nitrogen and oxygen atoms in total. The molecule has 0 unspecified atom stereocenters. The Kier molecular flexibility index (Phi) is 6.38. The maximum atomic E-state index is 12.0. The summed E-state index contributed by atoms with van der Waals surface area (Å²) in [6, 6.07) is 8.38. The number of carbonyl (C=O) groups is 1. The fraction of sp³-hybridized carbons (Fsp3) is 0.467. The van der Waals surface area contributed by atoms with Gasteiger partial charge in [0.05, 0.1) is 24.0 Å². The summed E-state index contributed by atoms with van der Waals surface area (Å²) >= 11 is 0. The van der Waals surface area contributed by atoms with Crippen LogP contribution in [0.3, 0.4) is 0 Å². The van der Waals surface area contributed by atoms with Gasteiger partial charge in [-0.1, -0.05) is 32.0 Å². The van der Waals surface area contributed by atoms with Crippen molar-refractivity contribution in [3.8, 4) is 6.07 Å². The number of sulfone groups is 1. The maximum absolute atomic E-state index is 12.0. The first-order valence-electron chi connectivity index (χ1n) is 6.68. The number of nitriles is 1. The van der Waals surface area contributed by atoms with Crippen LogP contribution in [0.2, 0.25) is 0 Å². The lowest BCUT2D eigenvalue weighted by molar-refractivity contribution is -0.140. The highest BCUT2D eigenvalue weighted by atomic mass is 32.2. The molecule has 0 aliphatic carbocycles. The van der Waals surface area contributed by atoms with Gasteiger partial charge in [-0.3, -0.25) is 4.79 Å². The average molecular weight is 309 g/mol. The monoisotopic (exact) mass is 309 g/mol. The first-order chi connectivity index (χ1) is 9.84. The van der Waals surface area contributed by atoms with Gasteiger partial charge in [-0.2, -0.15) is 5.26 Å². The van der Waals surface area contributed by atoms with Crippen molar-refractivity contribution in [1.82, 2.24) is 0 Å².